The Balaban J connectivity index is 1.95. The fourth-order valence-corrected chi connectivity index (χ4v) is 2.24. The summed E-state index contributed by atoms with van der Waals surface area (Å²) < 4.78 is 0. The van der Waals surface area contributed by atoms with Gasteiger partial charge in [0.05, 0.1) is 0 Å². The Bertz CT molecular complexity index is 453. The molecule has 1 aromatic heterocycles. The number of amides is 1. The van der Waals surface area contributed by atoms with Gasteiger partial charge in [-0.1, -0.05) is 12.8 Å². The molecule has 18 heavy (non-hydrogen) atoms. The minimum atomic E-state index is -1.12. The smallest absolute Gasteiger partial charge is 0.354 e. The van der Waals surface area contributed by atoms with Crippen molar-refractivity contribution < 1.29 is 14.7 Å². The van der Waals surface area contributed by atoms with E-state index >= 15 is 0 Å². The van der Waals surface area contributed by atoms with Crippen LogP contribution in [0, 0.1) is 5.92 Å². The molecule has 1 heterocycles. The van der Waals surface area contributed by atoms with E-state index in [4.69, 9.17) is 5.11 Å². The average molecular weight is 248 g/mol. The molecule has 0 aliphatic heterocycles. The van der Waals surface area contributed by atoms with Gasteiger partial charge in [0.25, 0.3) is 5.91 Å². The van der Waals surface area contributed by atoms with Crippen molar-refractivity contribution in [1.29, 1.82) is 0 Å². The highest BCUT2D eigenvalue weighted by atomic mass is 16.4. The van der Waals surface area contributed by atoms with Crippen molar-refractivity contribution in [2.75, 3.05) is 6.54 Å². The first-order valence-electron chi connectivity index (χ1n) is 6.14. The topological polar surface area (TPSA) is 79.3 Å². The fraction of sp³-hybridized carbons (Fsp3) is 0.462. The Kier molecular flexibility index (Phi) is 3.92. The molecule has 1 fully saturated rings. The third-order valence-corrected chi connectivity index (χ3v) is 3.27. The van der Waals surface area contributed by atoms with Gasteiger partial charge in [-0.15, -0.1) is 0 Å². The number of carboxylic acids is 1. The molecule has 0 radical (unpaired) electrons. The first kappa shape index (κ1) is 12.5. The van der Waals surface area contributed by atoms with E-state index in [1.807, 2.05) is 0 Å². The van der Waals surface area contributed by atoms with E-state index in [2.05, 4.69) is 10.3 Å². The largest absolute Gasteiger partial charge is 0.477 e. The van der Waals surface area contributed by atoms with E-state index in [1.165, 1.54) is 31.2 Å². The molecular weight excluding hydrogens is 232 g/mol. The van der Waals surface area contributed by atoms with Crippen molar-refractivity contribution in [3.05, 3.63) is 29.6 Å². The second kappa shape index (κ2) is 5.62. The van der Waals surface area contributed by atoms with Gasteiger partial charge in [0.15, 0.2) is 0 Å². The van der Waals surface area contributed by atoms with Crippen molar-refractivity contribution >= 4 is 11.9 Å². The van der Waals surface area contributed by atoms with E-state index in [-0.39, 0.29) is 11.6 Å². The molecule has 0 spiro atoms. The van der Waals surface area contributed by atoms with Crippen molar-refractivity contribution in [3.8, 4) is 0 Å². The first-order chi connectivity index (χ1) is 8.66. The number of carbonyl (C=O) groups is 2. The van der Waals surface area contributed by atoms with E-state index < -0.39 is 5.97 Å². The molecule has 0 bridgehead atoms. The van der Waals surface area contributed by atoms with Gasteiger partial charge in [0.2, 0.25) is 0 Å². The van der Waals surface area contributed by atoms with Crippen LogP contribution >= 0.6 is 0 Å². The predicted molar refractivity (Wildman–Crippen MR) is 65.5 cm³/mol. The molecule has 1 aromatic rings. The summed E-state index contributed by atoms with van der Waals surface area (Å²) in [5.74, 6) is -0.790. The number of rotatable bonds is 4. The van der Waals surface area contributed by atoms with Crippen LogP contribution in [0.4, 0.5) is 0 Å². The summed E-state index contributed by atoms with van der Waals surface area (Å²) in [6.07, 6.45) is 6.14. The van der Waals surface area contributed by atoms with Crippen LogP contribution in [0.3, 0.4) is 0 Å². The van der Waals surface area contributed by atoms with Crippen molar-refractivity contribution in [3.63, 3.8) is 0 Å². The van der Waals surface area contributed by atoms with Crippen LogP contribution in [0.1, 0.15) is 46.5 Å². The second-order valence-electron chi connectivity index (χ2n) is 4.60. The lowest BCUT2D eigenvalue weighted by Crippen LogP contribution is -2.28. The number of hydrogen-bond acceptors (Lipinski definition) is 3. The molecule has 1 amide bonds. The van der Waals surface area contributed by atoms with Crippen LogP contribution in [-0.4, -0.2) is 28.5 Å². The van der Waals surface area contributed by atoms with Gasteiger partial charge in [-0.3, -0.25) is 4.79 Å². The molecule has 0 atom stereocenters. The summed E-state index contributed by atoms with van der Waals surface area (Å²) in [6.45, 7) is 0.670. The van der Waals surface area contributed by atoms with Crippen LogP contribution in [0.25, 0.3) is 0 Å². The Morgan fingerprint density at radius 2 is 2.11 bits per heavy atom. The van der Waals surface area contributed by atoms with Gasteiger partial charge in [-0.2, -0.15) is 0 Å². The van der Waals surface area contributed by atoms with Crippen LogP contribution in [0.15, 0.2) is 18.3 Å². The van der Waals surface area contributed by atoms with Crippen molar-refractivity contribution in [1.82, 2.24) is 10.3 Å². The zero-order valence-electron chi connectivity index (χ0n) is 10.1. The quantitative estimate of drug-likeness (QED) is 0.850. The van der Waals surface area contributed by atoms with Crippen LogP contribution < -0.4 is 5.32 Å². The van der Waals surface area contributed by atoms with Crippen molar-refractivity contribution in [2.24, 2.45) is 5.92 Å². The number of carboxylic acid groups (broad SMARTS) is 1. The maximum atomic E-state index is 11.8. The molecule has 1 aliphatic carbocycles. The number of hydrogen-bond donors (Lipinski definition) is 2. The highest BCUT2D eigenvalue weighted by molar-refractivity contribution is 5.96. The molecule has 1 aliphatic rings. The summed E-state index contributed by atoms with van der Waals surface area (Å²) in [5.41, 5.74) is 0.240. The summed E-state index contributed by atoms with van der Waals surface area (Å²) in [5, 5.41) is 11.6. The third kappa shape index (κ3) is 3.06. The molecular formula is C13H16N2O3. The summed E-state index contributed by atoms with van der Waals surface area (Å²) in [4.78, 5) is 26.3. The lowest BCUT2D eigenvalue weighted by molar-refractivity contribution is 0.0690. The van der Waals surface area contributed by atoms with Gasteiger partial charge >= 0.3 is 5.97 Å². The average Bonchev–Trinajstić information content (AvgIpc) is 2.89. The minimum absolute atomic E-state index is 0.108. The minimum Gasteiger partial charge on any atom is -0.477 e. The molecule has 5 nitrogen and oxygen atoms in total. The Hall–Kier alpha value is -1.91. The van der Waals surface area contributed by atoms with E-state index in [9.17, 15) is 9.59 Å². The number of nitrogens with zero attached hydrogens (tertiary/aromatic N) is 1. The normalized spacial score (nSPS) is 15.6. The monoisotopic (exact) mass is 248 g/mol. The number of aromatic carboxylic acids is 1. The third-order valence-electron chi connectivity index (χ3n) is 3.27. The number of pyridine rings is 1. The number of aromatic nitrogens is 1. The lowest BCUT2D eigenvalue weighted by atomic mass is 10.1. The first-order valence-corrected chi connectivity index (χ1v) is 6.14. The summed E-state index contributed by atoms with van der Waals surface area (Å²) in [7, 11) is 0. The maximum absolute atomic E-state index is 11.8. The van der Waals surface area contributed by atoms with Gasteiger partial charge in [0.1, 0.15) is 5.69 Å². The lowest BCUT2D eigenvalue weighted by Gasteiger charge is -2.10. The maximum Gasteiger partial charge on any atom is 0.354 e. The SMILES string of the molecule is O=C(NCC1CCCC1)c1ccnc(C(=O)O)c1. The van der Waals surface area contributed by atoms with E-state index in [0.717, 1.165) is 12.8 Å². The molecule has 0 aromatic carbocycles. The Labute approximate surface area is 105 Å². The highest BCUT2D eigenvalue weighted by Crippen LogP contribution is 2.23. The highest BCUT2D eigenvalue weighted by Gasteiger charge is 2.16. The molecule has 1 saturated carbocycles. The molecule has 96 valence electrons. The Morgan fingerprint density at radius 3 is 2.78 bits per heavy atom. The molecule has 2 N–H and O–H groups in total. The zero-order chi connectivity index (χ0) is 13.0. The van der Waals surface area contributed by atoms with Crippen molar-refractivity contribution in [2.45, 2.75) is 25.7 Å². The zero-order valence-corrected chi connectivity index (χ0v) is 10.1. The van der Waals surface area contributed by atoms with Crippen LogP contribution in [-0.2, 0) is 0 Å². The molecule has 2 rings (SSSR count). The van der Waals surface area contributed by atoms with Crippen LogP contribution in [0.5, 0.6) is 0 Å². The molecule has 0 saturated heterocycles. The van der Waals surface area contributed by atoms with Gasteiger partial charge in [-0.05, 0) is 30.9 Å². The van der Waals surface area contributed by atoms with E-state index in [1.54, 1.807) is 0 Å². The molecule has 0 unspecified atom stereocenters. The fourth-order valence-electron chi connectivity index (χ4n) is 2.24. The van der Waals surface area contributed by atoms with Crippen LogP contribution in [0.2, 0.25) is 0 Å². The van der Waals surface area contributed by atoms with Gasteiger partial charge in [0, 0.05) is 18.3 Å². The molecule has 5 heteroatoms. The Morgan fingerprint density at radius 1 is 1.39 bits per heavy atom. The number of nitrogens with one attached hydrogen (secondary N) is 1. The predicted octanol–water partition coefficient (Wildman–Crippen LogP) is 1.70. The summed E-state index contributed by atoms with van der Waals surface area (Å²) >= 11 is 0. The summed E-state index contributed by atoms with van der Waals surface area (Å²) in [6, 6.07) is 2.82. The van der Waals surface area contributed by atoms with E-state index in [0.29, 0.717) is 18.0 Å². The van der Waals surface area contributed by atoms with Gasteiger partial charge < -0.3 is 10.4 Å². The standard InChI is InChI=1S/C13H16N2O3/c16-12(15-8-9-3-1-2-4-9)10-5-6-14-11(7-10)13(17)18/h5-7,9H,1-4,8H2,(H,15,16)(H,17,18). The number of carbonyl (C=O) groups excluding carboxylic acids is 1. The van der Waals surface area contributed by atoms with Gasteiger partial charge in [-0.25, -0.2) is 9.78 Å². The second-order valence-corrected chi connectivity index (χ2v) is 4.60.